The molecule has 2 aromatic carbocycles. The molecule has 2 heterocycles. The second-order valence-corrected chi connectivity index (χ2v) is 7.07. The van der Waals surface area contributed by atoms with Gasteiger partial charge in [0.15, 0.2) is 0 Å². The van der Waals surface area contributed by atoms with Crippen molar-refractivity contribution in [2.45, 2.75) is 13.0 Å². The number of carbonyl (C=O) groups excluding carboxylic acids is 2. The molecule has 0 bridgehead atoms. The van der Waals surface area contributed by atoms with Gasteiger partial charge in [0.2, 0.25) is 0 Å². The number of aliphatic hydroxyl groups is 1. The SMILES string of the molecule is CCOc1cccc(/C(O)=C2/C(=O)C(=O)N(c3ccc(C#N)cc3)C2c2ccncc2)c1. The van der Waals surface area contributed by atoms with Gasteiger partial charge in [0, 0.05) is 23.6 Å². The number of pyridine rings is 1. The second kappa shape index (κ2) is 8.74. The van der Waals surface area contributed by atoms with E-state index in [2.05, 4.69) is 4.98 Å². The predicted octanol–water partition coefficient (Wildman–Crippen LogP) is 3.98. The molecule has 32 heavy (non-hydrogen) atoms. The molecule has 1 atom stereocenters. The molecule has 1 unspecified atom stereocenters. The Labute approximate surface area is 184 Å². The van der Waals surface area contributed by atoms with Gasteiger partial charge in [-0.25, -0.2) is 0 Å². The van der Waals surface area contributed by atoms with Gasteiger partial charge in [-0.3, -0.25) is 19.5 Å². The van der Waals surface area contributed by atoms with E-state index in [4.69, 9.17) is 10.00 Å². The number of hydrogen-bond donors (Lipinski definition) is 1. The number of hydrogen-bond acceptors (Lipinski definition) is 6. The van der Waals surface area contributed by atoms with Crippen LogP contribution in [0.4, 0.5) is 5.69 Å². The molecule has 7 nitrogen and oxygen atoms in total. The average Bonchev–Trinajstić information content (AvgIpc) is 3.10. The number of nitrogens with zero attached hydrogens (tertiary/aromatic N) is 3. The van der Waals surface area contributed by atoms with Crippen molar-refractivity contribution >= 4 is 23.1 Å². The van der Waals surface area contributed by atoms with Crippen LogP contribution in [0.15, 0.2) is 78.6 Å². The fourth-order valence-electron chi connectivity index (χ4n) is 3.71. The van der Waals surface area contributed by atoms with E-state index in [1.165, 1.54) is 4.90 Å². The molecule has 1 aliphatic rings. The van der Waals surface area contributed by atoms with Gasteiger partial charge in [0.1, 0.15) is 11.5 Å². The summed E-state index contributed by atoms with van der Waals surface area (Å²) in [5, 5.41) is 20.2. The minimum atomic E-state index is -0.860. The highest BCUT2D eigenvalue weighted by Gasteiger charge is 2.46. The van der Waals surface area contributed by atoms with E-state index >= 15 is 0 Å². The van der Waals surface area contributed by atoms with Crippen LogP contribution in [0.2, 0.25) is 0 Å². The lowest BCUT2D eigenvalue weighted by Gasteiger charge is -2.25. The van der Waals surface area contributed by atoms with Crippen LogP contribution < -0.4 is 9.64 Å². The van der Waals surface area contributed by atoms with Gasteiger partial charge in [0.05, 0.1) is 29.9 Å². The fourth-order valence-corrected chi connectivity index (χ4v) is 3.71. The van der Waals surface area contributed by atoms with Crippen LogP contribution in [-0.2, 0) is 9.59 Å². The third kappa shape index (κ3) is 3.70. The zero-order valence-corrected chi connectivity index (χ0v) is 17.2. The third-order valence-electron chi connectivity index (χ3n) is 5.16. The van der Waals surface area contributed by atoms with E-state index < -0.39 is 17.7 Å². The summed E-state index contributed by atoms with van der Waals surface area (Å²) in [6.45, 7) is 2.30. The quantitative estimate of drug-likeness (QED) is 0.377. The minimum Gasteiger partial charge on any atom is -0.507 e. The Bertz CT molecular complexity index is 1240. The van der Waals surface area contributed by atoms with Crippen molar-refractivity contribution in [2.24, 2.45) is 0 Å². The summed E-state index contributed by atoms with van der Waals surface area (Å²) < 4.78 is 5.50. The molecular weight excluding hydrogens is 406 g/mol. The summed E-state index contributed by atoms with van der Waals surface area (Å²) >= 11 is 0. The Hall–Kier alpha value is -4.44. The predicted molar refractivity (Wildman–Crippen MR) is 118 cm³/mol. The van der Waals surface area contributed by atoms with Gasteiger partial charge >= 0.3 is 0 Å². The molecule has 7 heteroatoms. The zero-order valence-electron chi connectivity index (χ0n) is 17.2. The summed E-state index contributed by atoms with van der Waals surface area (Å²) in [6, 6.07) is 17.6. The van der Waals surface area contributed by atoms with Crippen LogP contribution in [0.25, 0.3) is 5.76 Å². The first-order valence-electron chi connectivity index (χ1n) is 9.99. The van der Waals surface area contributed by atoms with Crippen LogP contribution in [-0.4, -0.2) is 28.4 Å². The van der Waals surface area contributed by atoms with E-state index in [9.17, 15) is 14.7 Å². The number of rotatable bonds is 5. The number of aromatic nitrogens is 1. The molecule has 0 saturated carbocycles. The largest absolute Gasteiger partial charge is 0.507 e. The lowest BCUT2D eigenvalue weighted by Crippen LogP contribution is -2.29. The molecule has 1 saturated heterocycles. The fraction of sp³-hybridized carbons (Fsp3) is 0.120. The van der Waals surface area contributed by atoms with Gasteiger partial charge in [-0.1, -0.05) is 12.1 Å². The molecule has 1 amide bonds. The molecular formula is C25H19N3O4. The number of carbonyl (C=O) groups is 2. The Kier molecular flexibility index (Phi) is 5.69. The number of Topliss-reactive ketones (excluding diaryl/α,β-unsaturated/α-hetero) is 1. The van der Waals surface area contributed by atoms with E-state index in [0.29, 0.717) is 34.7 Å². The van der Waals surface area contributed by atoms with Gasteiger partial charge in [-0.2, -0.15) is 5.26 Å². The summed E-state index contributed by atoms with van der Waals surface area (Å²) in [5.41, 5.74) is 1.83. The molecule has 1 aromatic heterocycles. The smallest absolute Gasteiger partial charge is 0.300 e. The standard InChI is InChI=1S/C25H19N3O4/c1-2-32-20-5-3-4-18(14-20)23(29)21-22(17-10-12-27-13-11-17)28(25(31)24(21)30)19-8-6-16(15-26)7-9-19/h3-14,22,29H,2H2,1H3/b23-21-. The van der Waals surface area contributed by atoms with Gasteiger partial charge in [-0.05, 0) is 61.0 Å². The van der Waals surface area contributed by atoms with Crippen molar-refractivity contribution < 1.29 is 19.4 Å². The number of benzene rings is 2. The molecule has 1 N–H and O–H groups in total. The number of amides is 1. The van der Waals surface area contributed by atoms with Crippen molar-refractivity contribution in [3.63, 3.8) is 0 Å². The second-order valence-electron chi connectivity index (χ2n) is 7.07. The maximum atomic E-state index is 13.1. The normalized spacial score (nSPS) is 17.2. The maximum absolute atomic E-state index is 13.1. The summed E-state index contributed by atoms with van der Waals surface area (Å²) in [6.07, 6.45) is 3.12. The third-order valence-corrected chi connectivity index (χ3v) is 5.16. The number of aliphatic hydroxyl groups excluding tert-OH is 1. The van der Waals surface area contributed by atoms with Crippen LogP contribution in [0, 0.1) is 11.3 Å². The Morgan fingerprint density at radius 2 is 1.84 bits per heavy atom. The highest BCUT2D eigenvalue weighted by molar-refractivity contribution is 6.51. The summed E-state index contributed by atoms with van der Waals surface area (Å²) in [7, 11) is 0. The average molecular weight is 425 g/mol. The van der Waals surface area contributed by atoms with Crippen molar-refractivity contribution in [3.8, 4) is 11.8 Å². The molecule has 4 rings (SSSR count). The molecule has 1 aliphatic heterocycles. The molecule has 3 aromatic rings. The van der Waals surface area contributed by atoms with Gasteiger partial charge in [-0.15, -0.1) is 0 Å². The molecule has 0 radical (unpaired) electrons. The van der Waals surface area contributed by atoms with Crippen LogP contribution in [0.5, 0.6) is 5.75 Å². The van der Waals surface area contributed by atoms with Crippen molar-refractivity contribution in [2.75, 3.05) is 11.5 Å². The lowest BCUT2D eigenvalue weighted by atomic mass is 9.95. The summed E-state index contributed by atoms with van der Waals surface area (Å²) in [4.78, 5) is 31.5. The Morgan fingerprint density at radius 3 is 2.50 bits per heavy atom. The highest BCUT2D eigenvalue weighted by Crippen LogP contribution is 2.42. The highest BCUT2D eigenvalue weighted by atomic mass is 16.5. The van der Waals surface area contributed by atoms with E-state index in [1.807, 2.05) is 13.0 Å². The topological polar surface area (TPSA) is 104 Å². The van der Waals surface area contributed by atoms with E-state index in [-0.39, 0.29) is 11.3 Å². The van der Waals surface area contributed by atoms with Crippen LogP contribution in [0.1, 0.15) is 29.7 Å². The van der Waals surface area contributed by atoms with Crippen LogP contribution in [0.3, 0.4) is 0 Å². The Balaban J connectivity index is 1.90. The van der Waals surface area contributed by atoms with E-state index in [1.54, 1.807) is 73.1 Å². The molecule has 158 valence electrons. The number of anilines is 1. The van der Waals surface area contributed by atoms with Gasteiger partial charge < -0.3 is 9.84 Å². The van der Waals surface area contributed by atoms with Crippen molar-refractivity contribution in [3.05, 3.63) is 95.3 Å². The minimum absolute atomic E-state index is 0.0285. The van der Waals surface area contributed by atoms with E-state index in [0.717, 1.165) is 0 Å². The number of ether oxygens (including phenoxy) is 1. The Morgan fingerprint density at radius 1 is 1.12 bits per heavy atom. The zero-order chi connectivity index (χ0) is 22.7. The molecule has 1 fully saturated rings. The maximum Gasteiger partial charge on any atom is 0.300 e. The monoisotopic (exact) mass is 425 g/mol. The van der Waals surface area contributed by atoms with Crippen LogP contribution >= 0.6 is 0 Å². The summed E-state index contributed by atoms with van der Waals surface area (Å²) in [5.74, 6) is -1.31. The first-order chi connectivity index (χ1) is 15.5. The first-order valence-corrected chi connectivity index (χ1v) is 9.99. The molecule has 0 spiro atoms. The van der Waals surface area contributed by atoms with Gasteiger partial charge in [0.25, 0.3) is 11.7 Å². The number of nitriles is 1. The lowest BCUT2D eigenvalue weighted by molar-refractivity contribution is -0.132. The van der Waals surface area contributed by atoms with Crippen molar-refractivity contribution in [1.82, 2.24) is 4.98 Å². The first kappa shape index (κ1) is 20.8. The van der Waals surface area contributed by atoms with Crippen molar-refractivity contribution in [1.29, 1.82) is 5.26 Å². The number of ketones is 1. The molecule has 0 aliphatic carbocycles.